The van der Waals surface area contributed by atoms with E-state index in [1.165, 1.54) is 4.88 Å². The topological polar surface area (TPSA) is 94.7 Å². The minimum Gasteiger partial charge on any atom is -0.392 e. The number of aliphatic hydroxyl groups excluding tert-OH is 1. The van der Waals surface area contributed by atoms with Crippen LogP contribution in [0.3, 0.4) is 0 Å². The molecule has 5 rings (SSSR count). The number of aromatic nitrogens is 1. The molecule has 2 aliphatic carbocycles. The van der Waals surface area contributed by atoms with Crippen molar-refractivity contribution < 1.29 is 27.5 Å². The summed E-state index contributed by atoms with van der Waals surface area (Å²) in [5.41, 5.74) is 4.22. The molecule has 2 amide bonds. The molecule has 1 aromatic carbocycles. The molecule has 0 radical (unpaired) electrons. The molecule has 1 aliphatic heterocycles. The van der Waals surface area contributed by atoms with Gasteiger partial charge in [-0.2, -0.15) is 13.2 Å². The number of thiazole rings is 1. The van der Waals surface area contributed by atoms with E-state index in [0.717, 1.165) is 49.4 Å². The number of carbonyl (C=O) groups is 1. The Morgan fingerprint density at radius 3 is 2.81 bits per heavy atom. The van der Waals surface area contributed by atoms with Gasteiger partial charge in [0.25, 0.3) is 0 Å². The number of β-amino-alcohol motifs (C(OH)–C–C–N with tert-alkyl or cyclic N) is 1. The Hall–Kier alpha value is -2.28. The molecule has 2 saturated carbocycles. The van der Waals surface area contributed by atoms with E-state index in [1.54, 1.807) is 16.2 Å². The lowest BCUT2D eigenvalue weighted by Gasteiger charge is -2.31. The predicted molar refractivity (Wildman–Crippen MR) is 132 cm³/mol. The number of urea groups is 1. The number of likely N-dealkylation sites (tertiary alicyclic amines) is 1. The van der Waals surface area contributed by atoms with Gasteiger partial charge in [-0.15, -0.1) is 11.3 Å². The van der Waals surface area contributed by atoms with Crippen LogP contribution >= 0.6 is 11.3 Å². The van der Waals surface area contributed by atoms with Crippen molar-refractivity contribution in [2.75, 3.05) is 31.5 Å². The molecule has 0 bridgehead atoms. The maximum atomic E-state index is 13.8. The zero-order chi connectivity index (χ0) is 26.4. The first kappa shape index (κ1) is 26.3. The fourth-order valence-electron chi connectivity index (χ4n) is 6.06. The Labute approximate surface area is 216 Å². The van der Waals surface area contributed by atoms with Crippen molar-refractivity contribution in [2.45, 2.75) is 62.4 Å². The molecule has 0 spiro atoms. The standard InChI is InChI=1S/C25H31F4N5O2S/c26-19-3-2-15(10-17(19)25(27,28)29)32-23(36)34(8-1-7-33-9-5-16(35)14-33)20-4-6-24(11-18(20)24)21-13-31-22(12-30)37-21/h2-3,10,13,16,18,20,35H,1,4-9,11-12,14,30H2,(H,32,36)/t16?,18?,20?,24-/m0/s1. The highest BCUT2D eigenvalue weighted by atomic mass is 32.1. The fourth-order valence-corrected chi connectivity index (χ4v) is 7.15. The third-order valence-corrected chi connectivity index (χ3v) is 9.25. The van der Waals surface area contributed by atoms with Crippen LogP contribution in [-0.4, -0.2) is 64.2 Å². The first-order chi connectivity index (χ1) is 17.6. The number of anilines is 1. The monoisotopic (exact) mass is 541 g/mol. The van der Waals surface area contributed by atoms with Gasteiger partial charge in [0.2, 0.25) is 0 Å². The second-order valence-electron chi connectivity index (χ2n) is 10.3. The summed E-state index contributed by atoms with van der Waals surface area (Å²) < 4.78 is 53.4. The average Bonchev–Trinajstić information content (AvgIpc) is 3.18. The molecule has 202 valence electrons. The van der Waals surface area contributed by atoms with Gasteiger partial charge < -0.3 is 26.0 Å². The quantitative estimate of drug-likeness (QED) is 0.436. The number of halogens is 4. The molecule has 3 fully saturated rings. The van der Waals surface area contributed by atoms with Gasteiger partial charge in [-0.1, -0.05) is 0 Å². The summed E-state index contributed by atoms with van der Waals surface area (Å²) in [6.07, 6.45) is 0.714. The van der Waals surface area contributed by atoms with Gasteiger partial charge in [0.05, 0.1) is 11.7 Å². The highest BCUT2D eigenvalue weighted by Crippen LogP contribution is 2.66. The van der Waals surface area contributed by atoms with Crippen LogP contribution in [0.1, 0.15) is 47.6 Å². The molecule has 37 heavy (non-hydrogen) atoms. The van der Waals surface area contributed by atoms with E-state index >= 15 is 0 Å². The summed E-state index contributed by atoms with van der Waals surface area (Å²) in [7, 11) is 0. The fraction of sp³-hybridized carbons (Fsp3) is 0.600. The number of nitrogens with two attached hydrogens (primary N) is 1. The molecule has 3 aliphatic rings. The maximum absolute atomic E-state index is 13.8. The number of fused-ring (bicyclic) bond motifs is 1. The van der Waals surface area contributed by atoms with E-state index in [1.807, 2.05) is 6.20 Å². The molecular formula is C25H31F4N5O2S. The number of benzene rings is 1. The largest absolute Gasteiger partial charge is 0.419 e. The molecule has 1 saturated heterocycles. The van der Waals surface area contributed by atoms with Crippen LogP contribution in [0.2, 0.25) is 0 Å². The summed E-state index contributed by atoms with van der Waals surface area (Å²) in [4.78, 5) is 22.9. The number of hydrogen-bond acceptors (Lipinski definition) is 6. The Morgan fingerprint density at radius 1 is 1.35 bits per heavy atom. The Kier molecular flexibility index (Phi) is 7.20. The molecule has 7 nitrogen and oxygen atoms in total. The Balaban J connectivity index is 1.32. The van der Waals surface area contributed by atoms with Crippen molar-refractivity contribution in [1.29, 1.82) is 0 Å². The van der Waals surface area contributed by atoms with E-state index in [9.17, 15) is 27.5 Å². The summed E-state index contributed by atoms with van der Waals surface area (Å²) in [5.74, 6) is -1.13. The lowest BCUT2D eigenvalue weighted by atomic mass is 10.0. The van der Waals surface area contributed by atoms with Crippen LogP contribution in [0.5, 0.6) is 0 Å². The molecule has 4 N–H and O–H groups in total. The van der Waals surface area contributed by atoms with Crippen LogP contribution < -0.4 is 11.1 Å². The normalized spacial score (nSPS) is 27.4. The van der Waals surface area contributed by atoms with Crippen LogP contribution in [0.25, 0.3) is 0 Å². The van der Waals surface area contributed by atoms with Crippen molar-refractivity contribution in [3.8, 4) is 0 Å². The summed E-state index contributed by atoms with van der Waals surface area (Å²) >= 11 is 1.61. The molecular weight excluding hydrogens is 510 g/mol. The zero-order valence-corrected chi connectivity index (χ0v) is 21.1. The Bertz CT molecular complexity index is 1140. The molecule has 12 heteroatoms. The number of rotatable bonds is 8. The van der Waals surface area contributed by atoms with Gasteiger partial charge in [0.15, 0.2) is 0 Å². The summed E-state index contributed by atoms with van der Waals surface area (Å²) in [6, 6.07) is 1.96. The van der Waals surface area contributed by atoms with Crippen LogP contribution in [-0.2, 0) is 18.1 Å². The van der Waals surface area contributed by atoms with E-state index in [-0.39, 0.29) is 29.2 Å². The van der Waals surface area contributed by atoms with Gasteiger partial charge >= 0.3 is 12.2 Å². The van der Waals surface area contributed by atoms with E-state index in [2.05, 4.69) is 15.2 Å². The van der Waals surface area contributed by atoms with Gasteiger partial charge in [-0.05, 0) is 62.8 Å². The number of amides is 2. The minimum atomic E-state index is -4.86. The molecule has 2 aromatic rings. The van der Waals surface area contributed by atoms with E-state index < -0.39 is 23.6 Å². The second kappa shape index (κ2) is 10.1. The van der Waals surface area contributed by atoms with Crippen LogP contribution in [0.4, 0.5) is 28.0 Å². The van der Waals surface area contributed by atoms with E-state index in [4.69, 9.17) is 5.73 Å². The summed E-state index contributed by atoms with van der Waals surface area (Å²) in [6.45, 7) is 2.93. The molecule has 2 heterocycles. The highest BCUT2D eigenvalue weighted by Gasteiger charge is 2.64. The number of carbonyl (C=O) groups excluding carboxylic acids is 1. The van der Waals surface area contributed by atoms with Crippen molar-refractivity contribution in [3.63, 3.8) is 0 Å². The smallest absolute Gasteiger partial charge is 0.392 e. The molecule has 1 aromatic heterocycles. The van der Waals surface area contributed by atoms with Crippen LogP contribution in [0.15, 0.2) is 24.4 Å². The number of alkyl halides is 3. The SMILES string of the molecule is NCc1ncc([C@]23CCC(N(CCCN4CCC(O)C4)C(=O)Nc4ccc(F)c(C(F)(F)F)c4)C2C3)s1. The second-order valence-corrected chi connectivity index (χ2v) is 11.4. The van der Waals surface area contributed by atoms with Gasteiger partial charge in [-0.3, -0.25) is 0 Å². The average molecular weight is 542 g/mol. The lowest BCUT2D eigenvalue weighted by molar-refractivity contribution is -0.139. The first-order valence-corrected chi connectivity index (χ1v) is 13.4. The van der Waals surface area contributed by atoms with E-state index in [0.29, 0.717) is 38.7 Å². The number of hydrogen-bond donors (Lipinski definition) is 3. The molecule has 4 atom stereocenters. The van der Waals surface area contributed by atoms with Crippen molar-refractivity contribution in [3.05, 3.63) is 45.7 Å². The number of nitrogens with one attached hydrogen (secondary N) is 1. The van der Waals surface area contributed by atoms with Crippen LogP contribution in [0, 0.1) is 11.7 Å². The lowest BCUT2D eigenvalue weighted by Crippen LogP contribution is -2.44. The van der Waals surface area contributed by atoms with Crippen molar-refractivity contribution in [1.82, 2.24) is 14.8 Å². The van der Waals surface area contributed by atoms with Crippen molar-refractivity contribution >= 4 is 23.1 Å². The molecule has 3 unspecified atom stereocenters. The maximum Gasteiger partial charge on any atom is 0.419 e. The minimum absolute atomic E-state index is 0.0212. The first-order valence-electron chi connectivity index (χ1n) is 12.6. The zero-order valence-electron chi connectivity index (χ0n) is 20.3. The third-order valence-electron chi connectivity index (χ3n) is 8.01. The predicted octanol–water partition coefficient (Wildman–Crippen LogP) is 4.17. The van der Waals surface area contributed by atoms with Gasteiger partial charge in [0.1, 0.15) is 10.8 Å². The van der Waals surface area contributed by atoms with Gasteiger partial charge in [0, 0.05) is 54.4 Å². The number of aliphatic hydroxyl groups is 1. The highest BCUT2D eigenvalue weighted by molar-refractivity contribution is 7.11. The Morgan fingerprint density at radius 2 is 2.16 bits per heavy atom. The van der Waals surface area contributed by atoms with Gasteiger partial charge in [-0.25, -0.2) is 14.2 Å². The third kappa shape index (κ3) is 5.34. The summed E-state index contributed by atoms with van der Waals surface area (Å²) in [5, 5.41) is 13.3. The number of nitrogens with zero attached hydrogens (tertiary/aromatic N) is 3. The van der Waals surface area contributed by atoms with Crippen molar-refractivity contribution in [2.24, 2.45) is 11.7 Å².